The molecule has 3 aromatic rings. The van der Waals surface area contributed by atoms with Gasteiger partial charge in [-0.15, -0.1) is 0 Å². The minimum atomic E-state index is -1.04. The van der Waals surface area contributed by atoms with Gasteiger partial charge < -0.3 is 15.2 Å². The van der Waals surface area contributed by atoms with Gasteiger partial charge in [0, 0.05) is 31.5 Å². The summed E-state index contributed by atoms with van der Waals surface area (Å²) >= 11 is 5.83. The van der Waals surface area contributed by atoms with Gasteiger partial charge in [0.1, 0.15) is 17.8 Å². The van der Waals surface area contributed by atoms with Crippen LogP contribution in [0.25, 0.3) is 11.2 Å². The third-order valence-corrected chi connectivity index (χ3v) is 4.57. The molecule has 0 aliphatic carbocycles. The second-order valence-electron chi connectivity index (χ2n) is 6.23. The van der Waals surface area contributed by atoms with Gasteiger partial charge >= 0.3 is 0 Å². The number of halogens is 3. The molecule has 1 aliphatic heterocycles. The quantitative estimate of drug-likeness (QED) is 0.748. The van der Waals surface area contributed by atoms with E-state index in [2.05, 4.69) is 19.9 Å². The summed E-state index contributed by atoms with van der Waals surface area (Å²) in [6.07, 6.45) is 3.36. The molecule has 4 heterocycles. The van der Waals surface area contributed by atoms with E-state index in [0.717, 1.165) is 6.20 Å². The van der Waals surface area contributed by atoms with E-state index in [0.29, 0.717) is 47.5 Å². The van der Waals surface area contributed by atoms with Crippen LogP contribution in [0.4, 0.5) is 14.7 Å². The number of rotatable bonds is 3. The minimum Gasteiger partial charge on any atom is -0.340 e. The SMILES string of the molecule is N[C@@H]1CN(c2nc3ncc(F)cc3n2Cc2ncc(Cl)cn2)CCC1F. The number of hydrogen-bond acceptors (Lipinski definition) is 6. The first-order chi connectivity index (χ1) is 12.5. The van der Waals surface area contributed by atoms with Gasteiger partial charge in [-0.1, -0.05) is 11.6 Å². The molecule has 2 N–H and O–H groups in total. The number of anilines is 1. The molecule has 0 aromatic carbocycles. The Morgan fingerprint density at radius 2 is 2.00 bits per heavy atom. The lowest BCUT2D eigenvalue weighted by atomic mass is 10.1. The van der Waals surface area contributed by atoms with Crippen LogP contribution >= 0.6 is 11.6 Å². The van der Waals surface area contributed by atoms with Crippen molar-refractivity contribution in [3.63, 3.8) is 0 Å². The van der Waals surface area contributed by atoms with Crippen molar-refractivity contribution >= 4 is 28.7 Å². The Bertz CT molecular complexity index is 930. The van der Waals surface area contributed by atoms with Gasteiger partial charge in [0.15, 0.2) is 5.65 Å². The van der Waals surface area contributed by atoms with Crippen LogP contribution in [-0.2, 0) is 6.54 Å². The number of fused-ring (bicyclic) bond motifs is 1. The number of hydrogen-bond donors (Lipinski definition) is 1. The van der Waals surface area contributed by atoms with E-state index in [1.54, 1.807) is 4.57 Å². The first kappa shape index (κ1) is 17.0. The molecule has 1 saturated heterocycles. The van der Waals surface area contributed by atoms with E-state index in [1.165, 1.54) is 18.5 Å². The Morgan fingerprint density at radius 1 is 1.23 bits per heavy atom. The summed E-state index contributed by atoms with van der Waals surface area (Å²) in [5.41, 5.74) is 6.78. The predicted molar refractivity (Wildman–Crippen MR) is 93.3 cm³/mol. The first-order valence-electron chi connectivity index (χ1n) is 8.14. The average Bonchev–Trinajstić information content (AvgIpc) is 2.97. The number of piperidine rings is 1. The Kier molecular flexibility index (Phi) is 4.41. The van der Waals surface area contributed by atoms with Crippen LogP contribution in [0.1, 0.15) is 12.2 Å². The molecule has 3 aromatic heterocycles. The zero-order valence-electron chi connectivity index (χ0n) is 13.7. The number of pyridine rings is 1. The Balaban J connectivity index is 1.77. The maximum atomic E-state index is 13.7. The van der Waals surface area contributed by atoms with Crippen LogP contribution in [0.3, 0.4) is 0 Å². The highest BCUT2D eigenvalue weighted by atomic mass is 35.5. The van der Waals surface area contributed by atoms with Crippen molar-refractivity contribution in [2.24, 2.45) is 5.73 Å². The fourth-order valence-electron chi connectivity index (χ4n) is 3.06. The van der Waals surface area contributed by atoms with Gasteiger partial charge in [0.05, 0.1) is 29.3 Å². The normalized spacial score (nSPS) is 20.7. The van der Waals surface area contributed by atoms with Crippen molar-refractivity contribution in [1.82, 2.24) is 24.5 Å². The minimum absolute atomic E-state index is 0.249. The monoisotopic (exact) mass is 379 g/mol. The number of alkyl halides is 1. The summed E-state index contributed by atoms with van der Waals surface area (Å²) < 4.78 is 29.2. The highest BCUT2D eigenvalue weighted by Crippen LogP contribution is 2.26. The molecule has 10 heteroatoms. The molecule has 0 amide bonds. The molecule has 26 heavy (non-hydrogen) atoms. The maximum absolute atomic E-state index is 13.7. The van der Waals surface area contributed by atoms with Crippen molar-refractivity contribution in [2.45, 2.75) is 25.2 Å². The number of aromatic nitrogens is 5. The summed E-state index contributed by atoms with van der Waals surface area (Å²) in [6, 6.07) is 0.754. The fourth-order valence-corrected chi connectivity index (χ4v) is 3.16. The van der Waals surface area contributed by atoms with Crippen molar-refractivity contribution < 1.29 is 8.78 Å². The Hall–Kier alpha value is -2.39. The third kappa shape index (κ3) is 3.19. The lowest BCUT2D eigenvalue weighted by molar-refractivity contribution is 0.243. The van der Waals surface area contributed by atoms with Crippen molar-refractivity contribution in [1.29, 1.82) is 0 Å². The fraction of sp³-hybridized carbons (Fsp3) is 0.375. The van der Waals surface area contributed by atoms with E-state index in [1.807, 2.05) is 4.90 Å². The molecule has 4 rings (SSSR count). The Morgan fingerprint density at radius 3 is 2.73 bits per heavy atom. The second kappa shape index (κ2) is 6.73. The molecule has 0 saturated carbocycles. The van der Waals surface area contributed by atoms with Crippen LogP contribution in [0, 0.1) is 5.82 Å². The molecule has 0 spiro atoms. The molecular formula is C16H16ClF2N7. The predicted octanol–water partition coefficient (Wildman–Crippen LogP) is 1.94. The molecule has 7 nitrogen and oxygen atoms in total. The van der Waals surface area contributed by atoms with Crippen molar-refractivity contribution in [2.75, 3.05) is 18.0 Å². The van der Waals surface area contributed by atoms with Crippen LogP contribution in [-0.4, -0.2) is 49.8 Å². The largest absolute Gasteiger partial charge is 0.340 e. The lowest BCUT2D eigenvalue weighted by Gasteiger charge is -2.33. The second-order valence-corrected chi connectivity index (χ2v) is 6.66. The van der Waals surface area contributed by atoms with Crippen LogP contribution in [0.2, 0.25) is 5.02 Å². The van der Waals surface area contributed by atoms with Crippen molar-refractivity contribution in [3.8, 4) is 0 Å². The van der Waals surface area contributed by atoms with Gasteiger partial charge in [0.2, 0.25) is 5.95 Å². The topological polar surface area (TPSA) is 85.8 Å². The average molecular weight is 380 g/mol. The van der Waals surface area contributed by atoms with E-state index in [-0.39, 0.29) is 6.54 Å². The molecule has 0 bridgehead atoms. The highest BCUT2D eigenvalue weighted by molar-refractivity contribution is 6.30. The van der Waals surface area contributed by atoms with Crippen molar-refractivity contribution in [3.05, 3.63) is 41.3 Å². The zero-order valence-corrected chi connectivity index (χ0v) is 14.4. The zero-order chi connectivity index (χ0) is 18.3. The molecule has 2 atom stereocenters. The standard InChI is InChI=1S/C16H16ClF2N7/c17-9-4-21-14(22-5-9)8-26-13-3-10(18)6-23-15(13)24-16(26)25-2-1-11(19)12(20)7-25/h3-6,11-12H,1-2,7-8,20H2/t11?,12-/m1/s1. The third-order valence-electron chi connectivity index (χ3n) is 4.38. The van der Waals surface area contributed by atoms with Gasteiger partial charge in [-0.05, 0) is 6.42 Å². The smallest absolute Gasteiger partial charge is 0.208 e. The summed E-state index contributed by atoms with van der Waals surface area (Å²) in [6.45, 7) is 1.02. The van der Waals surface area contributed by atoms with Gasteiger partial charge in [-0.25, -0.2) is 23.7 Å². The number of imidazole rings is 1. The molecular weight excluding hydrogens is 364 g/mol. The molecule has 1 fully saturated rings. The van der Waals surface area contributed by atoms with E-state index in [4.69, 9.17) is 17.3 Å². The lowest BCUT2D eigenvalue weighted by Crippen LogP contribution is -2.50. The van der Waals surface area contributed by atoms with Crippen LogP contribution in [0.5, 0.6) is 0 Å². The summed E-state index contributed by atoms with van der Waals surface area (Å²) in [4.78, 5) is 18.8. The number of nitrogens with two attached hydrogens (primary N) is 1. The molecule has 1 unspecified atom stereocenters. The van der Waals surface area contributed by atoms with E-state index in [9.17, 15) is 8.78 Å². The summed E-state index contributed by atoms with van der Waals surface area (Å²) in [5, 5.41) is 0.424. The van der Waals surface area contributed by atoms with Gasteiger partial charge in [-0.2, -0.15) is 4.98 Å². The van der Waals surface area contributed by atoms with E-state index < -0.39 is 18.0 Å². The maximum Gasteiger partial charge on any atom is 0.208 e. The van der Waals surface area contributed by atoms with Gasteiger partial charge in [0.25, 0.3) is 0 Å². The van der Waals surface area contributed by atoms with Crippen LogP contribution in [0.15, 0.2) is 24.7 Å². The summed E-state index contributed by atoms with van der Waals surface area (Å²) in [5.74, 6) is 0.560. The Labute approximate surface area is 152 Å². The molecule has 136 valence electrons. The summed E-state index contributed by atoms with van der Waals surface area (Å²) in [7, 11) is 0. The molecule has 0 radical (unpaired) electrons. The van der Waals surface area contributed by atoms with Gasteiger partial charge in [-0.3, -0.25) is 0 Å². The first-order valence-corrected chi connectivity index (χ1v) is 8.52. The number of nitrogens with zero attached hydrogens (tertiary/aromatic N) is 6. The highest BCUT2D eigenvalue weighted by Gasteiger charge is 2.29. The van der Waals surface area contributed by atoms with E-state index >= 15 is 0 Å². The molecule has 1 aliphatic rings. The van der Waals surface area contributed by atoms with Crippen LogP contribution < -0.4 is 10.6 Å².